The van der Waals surface area contributed by atoms with Gasteiger partial charge in [-0.1, -0.05) is 25.1 Å². The van der Waals surface area contributed by atoms with Crippen LogP contribution in [0.5, 0.6) is 0 Å². The number of fused-ring (bicyclic) bond motifs is 1. The maximum atomic E-state index is 12.3. The van der Waals surface area contributed by atoms with Gasteiger partial charge in [-0.15, -0.1) is 0 Å². The number of carbonyl (C=O) groups excluding carboxylic acids is 1. The van der Waals surface area contributed by atoms with Gasteiger partial charge in [0, 0.05) is 12.8 Å². The molecule has 0 N–H and O–H groups in total. The molecular weight excluding hydrogens is 288 g/mol. The molecule has 4 nitrogen and oxygen atoms in total. The number of hydrogen-bond acceptors (Lipinski definition) is 4. The first-order chi connectivity index (χ1) is 9.95. The molecule has 0 saturated heterocycles. The Labute approximate surface area is 123 Å². The zero-order valence-corrected chi connectivity index (χ0v) is 12.5. The molecule has 0 saturated carbocycles. The monoisotopic (exact) mass is 304 g/mol. The molecule has 3 rings (SSSR count). The van der Waals surface area contributed by atoms with Gasteiger partial charge in [-0.05, 0) is 24.1 Å². The summed E-state index contributed by atoms with van der Waals surface area (Å²) < 4.78 is 30.2. The van der Waals surface area contributed by atoms with Crippen molar-refractivity contribution in [2.75, 3.05) is 0 Å². The van der Waals surface area contributed by atoms with Crippen LogP contribution >= 0.6 is 0 Å². The number of furan rings is 1. The number of rotatable bonds is 3. The molecule has 5 heteroatoms. The molecule has 0 radical (unpaired) electrons. The molecule has 1 unspecified atom stereocenters. The zero-order chi connectivity index (χ0) is 15.0. The van der Waals surface area contributed by atoms with Gasteiger partial charge in [0.25, 0.3) is 0 Å². The lowest BCUT2D eigenvalue weighted by Gasteiger charge is -2.14. The van der Waals surface area contributed by atoms with Crippen LogP contribution in [0.3, 0.4) is 0 Å². The zero-order valence-electron chi connectivity index (χ0n) is 11.7. The number of Topliss-reactive ketones (excluding diaryl/α,β-unsaturated/α-hetero) is 1. The van der Waals surface area contributed by atoms with Gasteiger partial charge in [0.1, 0.15) is 17.3 Å². The lowest BCUT2D eigenvalue weighted by Crippen LogP contribution is -2.15. The van der Waals surface area contributed by atoms with Crippen LogP contribution in [-0.2, 0) is 22.0 Å². The van der Waals surface area contributed by atoms with Gasteiger partial charge in [-0.3, -0.25) is 4.79 Å². The second kappa shape index (κ2) is 5.15. The minimum absolute atomic E-state index is 0.0378. The Morgan fingerprint density at radius 2 is 1.90 bits per heavy atom. The van der Waals surface area contributed by atoms with Crippen LogP contribution in [-0.4, -0.2) is 14.2 Å². The van der Waals surface area contributed by atoms with Crippen molar-refractivity contribution in [2.45, 2.75) is 30.4 Å². The van der Waals surface area contributed by atoms with Crippen molar-refractivity contribution in [1.82, 2.24) is 0 Å². The molecule has 21 heavy (non-hydrogen) atoms. The largest absolute Gasteiger partial charge is 0.464 e. The van der Waals surface area contributed by atoms with Crippen LogP contribution < -0.4 is 0 Å². The summed E-state index contributed by atoms with van der Waals surface area (Å²) in [5.74, 6) is 1.03. The summed E-state index contributed by atoms with van der Waals surface area (Å²) in [7, 11) is -3.45. The fraction of sp³-hybridized carbons (Fsp3) is 0.312. The molecule has 0 amide bonds. The highest BCUT2D eigenvalue weighted by atomic mass is 32.2. The molecule has 0 aliphatic heterocycles. The third kappa shape index (κ3) is 2.78. The van der Waals surface area contributed by atoms with Gasteiger partial charge in [0.05, 0.1) is 10.5 Å². The van der Waals surface area contributed by atoms with Gasteiger partial charge in [-0.2, -0.15) is 0 Å². The molecule has 1 aliphatic carbocycles. The highest BCUT2D eigenvalue weighted by Gasteiger charge is 2.28. The van der Waals surface area contributed by atoms with Gasteiger partial charge in [0.15, 0.2) is 15.6 Å². The van der Waals surface area contributed by atoms with Crippen LogP contribution in [0.4, 0.5) is 0 Å². The minimum Gasteiger partial charge on any atom is -0.464 e. The summed E-state index contributed by atoms with van der Waals surface area (Å²) in [6, 6.07) is 9.85. The normalized spacial score (nSPS) is 18.5. The molecular formula is C16H16O4S. The van der Waals surface area contributed by atoms with Crippen LogP contribution in [0.2, 0.25) is 0 Å². The van der Waals surface area contributed by atoms with Crippen molar-refractivity contribution in [3.05, 3.63) is 53.5 Å². The van der Waals surface area contributed by atoms with Crippen molar-refractivity contribution in [3.63, 3.8) is 0 Å². The molecule has 1 atom stereocenters. The van der Waals surface area contributed by atoms with E-state index in [1.165, 1.54) is 0 Å². The molecule has 110 valence electrons. The van der Waals surface area contributed by atoms with E-state index in [1.54, 1.807) is 36.4 Å². The Bertz CT molecular complexity index is 772. The molecule has 0 fully saturated rings. The second-order valence-electron chi connectivity index (χ2n) is 5.56. The number of hydrogen-bond donors (Lipinski definition) is 0. The van der Waals surface area contributed by atoms with Crippen molar-refractivity contribution in [2.24, 2.45) is 5.92 Å². The molecule has 1 aliphatic rings. The van der Waals surface area contributed by atoms with E-state index < -0.39 is 9.84 Å². The summed E-state index contributed by atoms with van der Waals surface area (Å²) in [6.45, 7) is 1.99. The van der Waals surface area contributed by atoms with E-state index in [1.807, 2.05) is 6.92 Å². The lowest BCUT2D eigenvalue weighted by molar-refractivity contribution is 0.0949. The lowest BCUT2D eigenvalue weighted by atomic mass is 9.89. The Balaban J connectivity index is 1.90. The van der Waals surface area contributed by atoms with E-state index in [0.29, 0.717) is 29.9 Å². The van der Waals surface area contributed by atoms with Crippen LogP contribution in [0.1, 0.15) is 35.2 Å². The van der Waals surface area contributed by atoms with Gasteiger partial charge in [0.2, 0.25) is 0 Å². The Kier molecular flexibility index (Phi) is 3.45. The summed E-state index contributed by atoms with van der Waals surface area (Å²) in [4.78, 5) is 12.2. The highest BCUT2D eigenvalue weighted by molar-refractivity contribution is 7.90. The van der Waals surface area contributed by atoms with E-state index in [0.717, 1.165) is 0 Å². The number of benzene rings is 1. The SMILES string of the molecule is CC1CC(=O)c2cc(CS(=O)(=O)c3ccccc3)oc2C1. The van der Waals surface area contributed by atoms with Gasteiger partial charge < -0.3 is 4.42 Å². The standard InChI is InChI=1S/C16H16O4S/c1-11-7-15(17)14-9-12(20-16(14)8-11)10-21(18,19)13-5-3-2-4-6-13/h2-6,9,11H,7-8,10H2,1H3. The predicted octanol–water partition coefficient (Wildman–Crippen LogP) is 3.02. The molecule has 1 aromatic heterocycles. The average molecular weight is 304 g/mol. The van der Waals surface area contributed by atoms with Crippen LogP contribution in [0.15, 0.2) is 45.7 Å². The van der Waals surface area contributed by atoms with Crippen LogP contribution in [0.25, 0.3) is 0 Å². The molecule has 1 aromatic carbocycles. The second-order valence-corrected chi connectivity index (χ2v) is 7.55. The Morgan fingerprint density at radius 3 is 2.62 bits per heavy atom. The molecule has 1 heterocycles. The van der Waals surface area contributed by atoms with Crippen LogP contribution in [0, 0.1) is 5.92 Å². The fourth-order valence-corrected chi connectivity index (χ4v) is 3.91. The molecule has 0 bridgehead atoms. The predicted molar refractivity (Wildman–Crippen MR) is 77.9 cm³/mol. The quantitative estimate of drug-likeness (QED) is 0.874. The van der Waals surface area contributed by atoms with Crippen molar-refractivity contribution >= 4 is 15.6 Å². The first-order valence-electron chi connectivity index (χ1n) is 6.88. The minimum atomic E-state index is -3.45. The molecule has 2 aromatic rings. The van der Waals surface area contributed by atoms with Crippen molar-refractivity contribution in [3.8, 4) is 0 Å². The highest BCUT2D eigenvalue weighted by Crippen LogP contribution is 2.29. The average Bonchev–Trinajstić information content (AvgIpc) is 2.81. The smallest absolute Gasteiger partial charge is 0.185 e. The summed E-state index contributed by atoms with van der Waals surface area (Å²) in [6.07, 6.45) is 1.18. The molecule has 0 spiro atoms. The van der Waals surface area contributed by atoms with E-state index in [-0.39, 0.29) is 22.3 Å². The van der Waals surface area contributed by atoms with E-state index in [9.17, 15) is 13.2 Å². The maximum Gasteiger partial charge on any atom is 0.185 e. The van der Waals surface area contributed by atoms with Gasteiger partial charge in [-0.25, -0.2) is 8.42 Å². The fourth-order valence-electron chi connectivity index (χ4n) is 2.66. The summed E-state index contributed by atoms with van der Waals surface area (Å²) in [5.41, 5.74) is 0.548. The van der Waals surface area contributed by atoms with Crippen molar-refractivity contribution in [1.29, 1.82) is 0 Å². The third-order valence-corrected chi connectivity index (χ3v) is 5.32. The van der Waals surface area contributed by atoms with Crippen molar-refractivity contribution < 1.29 is 17.6 Å². The third-order valence-electron chi connectivity index (χ3n) is 3.66. The number of carbonyl (C=O) groups is 1. The first kappa shape index (κ1) is 14.1. The van der Waals surface area contributed by atoms with Gasteiger partial charge >= 0.3 is 0 Å². The summed E-state index contributed by atoms with van der Waals surface area (Å²) >= 11 is 0. The number of ketones is 1. The Morgan fingerprint density at radius 1 is 1.19 bits per heavy atom. The van der Waals surface area contributed by atoms with E-state index >= 15 is 0 Å². The topological polar surface area (TPSA) is 64.3 Å². The van der Waals surface area contributed by atoms with E-state index in [2.05, 4.69) is 0 Å². The first-order valence-corrected chi connectivity index (χ1v) is 8.53. The number of sulfone groups is 1. The van der Waals surface area contributed by atoms with E-state index in [4.69, 9.17) is 4.42 Å². The maximum absolute atomic E-state index is 12.3. The Hall–Kier alpha value is -1.88. The summed E-state index contributed by atoms with van der Waals surface area (Å²) in [5, 5.41) is 0.